The van der Waals surface area contributed by atoms with E-state index >= 15 is 0 Å². The zero-order chi connectivity index (χ0) is 18.7. The number of amides is 4. The molecule has 2 N–H and O–H groups in total. The molecule has 7 nitrogen and oxygen atoms in total. The average molecular weight is 438 g/mol. The van der Waals surface area contributed by atoms with Gasteiger partial charge >= 0.3 is 6.03 Å². The van der Waals surface area contributed by atoms with Crippen LogP contribution in [0.15, 0.2) is 41.0 Å². The second-order valence-electron chi connectivity index (χ2n) is 5.55. The summed E-state index contributed by atoms with van der Waals surface area (Å²) >= 11 is 9.11. The molecule has 134 valence electrons. The number of benzene rings is 1. The summed E-state index contributed by atoms with van der Waals surface area (Å²) in [4.78, 5) is 41.6. The largest absolute Gasteiger partial charge is 0.338 e. The summed E-state index contributed by atoms with van der Waals surface area (Å²) in [6.07, 6.45) is 1.92. The lowest BCUT2D eigenvalue weighted by Gasteiger charge is -2.14. The van der Waals surface area contributed by atoms with E-state index in [9.17, 15) is 14.4 Å². The summed E-state index contributed by atoms with van der Waals surface area (Å²) < 4.78 is 0.743. The Bertz CT molecular complexity index is 890. The molecule has 0 radical (unpaired) electrons. The van der Waals surface area contributed by atoms with Gasteiger partial charge in [0.25, 0.3) is 11.8 Å². The van der Waals surface area contributed by atoms with E-state index in [0.717, 1.165) is 4.47 Å². The van der Waals surface area contributed by atoms with Gasteiger partial charge in [-0.2, -0.15) is 0 Å². The maximum Gasteiger partial charge on any atom is 0.320 e. The van der Waals surface area contributed by atoms with Crippen molar-refractivity contribution in [2.75, 3.05) is 18.4 Å². The number of aromatic nitrogens is 1. The number of nitrogens with one attached hydrogen (secondary N) is 2. The van der Waals surface area contributed by atoms with Crippen LogP contribution in [0.5, 0.6) is 0 Å². The Morgan fingerprint density at radius 2 is 1.92 bits per heavy atom. The lowest BCUT2D eigenvalue weighted by atomic mass is 10.1. The zero-order valence-electron chi connectivity index (χ0n) is 13.5. The Hall–Kier alpha value is -2.45. The highest BCUT2D eigenvalue weighted by Gasteiger charge is 2.34. The lowest BCUT2D eigenvalue weighted by Crippen LogP contribution is -2.35. The van der Waals surface area contributed by atoms with Gasteiger partial charge in [-0.1, -0.05) is 27.5 Å². The van der Waals surface area contributed by atoms with Crippen molar-refractivity contribution >= 4 is 51.2 Å². The molecule has 1 aliphatic heterocycles. The van der Waals surface area contributed by atoms with Gasteiger partial charge in [-0.15, -0.1) is 0 Å². The van der Waals surface area contributed by atoms with Gasteiger partial charge in [0.2, 0.25) is 0 Å². The molecule has 0 spiro atoms. The highest BCUT2D eigenvalue weighted by atomic mass is 79.9. The number of carbonyl (C=O) groups is 3. The van der Waals surface area contributed by atoms with Crippen LogP contribution in [0.2, 0.25) is 5.02 Å². The number of pyridine rings is 1. The number of anilines is 1. The quantitative estimate of drug-likeness (QED) is 0.554. The topological polar surface area (TPSA) is 91.4 Å². The first-order valence-corrected chi connectivity index (χ1v) is 8.95. The van der Waals surface area contributed by atoms with Crippen LogP contribution in [-0.2, 0) is 0 Å². The van der Waals surface area contributed by atoms with Crippen LogP contribution < -0.4 is 10.6 Å². The third-order valence-corrected chi connectivity index (χ3v) is 4.47. The van der Waals surface area contributed by atoms with Crippen molar-refractivity contribution in [1.82, 2.24) is 15.2 Å². The summed E-state index contributed by atoms with van der Waals surface area (Å²) in [5, 5.41) is 5.66. The number of halogens is 2. The van der Waals surface area contributed by atoms with E-state index in [4.69, 9.17) is 11.6 Å². The molecule has 9 heteroatoms. The maximum absolute atomic E-state index is 12.3. The van der Waals surface area contributed by atoms with Gasteiger partial charge < -0.3 is 5.32 Å². The van der Waals surface area contributed by atoms with Crippen LogP contribution in [0.1, 0.15) is 27.1 Å². The Kier molecular flexibility index (Phi) is 5.53. The fraction of sp³-hybridized carbons (Fsp3) is 0.176. The van der Waals surface area contributed by atoms with E-state index in [1.807, 2.05) is 0 Å². The third-order valence-electron chi connectivity index (χ3n) is 3.74. The molecule has 0 aliphatic carbocycles. The molecular formula is C17H14BrClN4O3. The third kappa shape index (κ3) is 4.03. The smallest absolute Gasteiger partial charge is 0.320 e. The molecule has 2 heterocycles. The van der Waals surface area contributed by atoms with Gasteiger partial charge in [-0.3, -0.25) is 19.8 Å². The van der Waals surface area contributed by atoms with Crippen molar-refractivity contribution in [3.63, 3.8) is 0 Å². The molecule has 0 saturated heterocycles. The van der Waals surface area contributed by atoms with E-state index in [-0.39, 0.29) is 18.4 Å². The highest BCUT2D eigenvalue weighted by molar-refractivity contribution is 9.10. The van der Waals surface area contributed by atoms with Crippen LogP contribution in [-0.4, -0.2) is 40.8 Å². The predicted octanol–water partition coefficient (Wildman–Crippen LogP) is 3.31. The minimum atomic E-state index is -0.439. The van der Waals surface area contributed by atoms with Gasteiger partial charge in [0.1, 0.15) is 5.82 Å². The fourth-order valence-electron chi connectivity index (χ4n) is 2.54. The zero-order valence-corrected chi connectivity index (χ0v) is 15.8. The molecule has 0 bridgehead atoms. The van der Waals surface area contributed by atoms with Crippen molar-refractivity contribution < 1.29 is 14.4 Å². The van der Waals surface area contributed by atoms with Gasteiger partial charge in [0, 0.05) is 28.8 Å². The predicted molar refractivity (Wildman–Crippen MR) is 100 cm³/mol. The first-order valence-electron chi connectivity index (χ1n) is 7.78. The number of fused-ring (bicyclic) bond motifs is 1. The summed E-state index contributed by atoms with van der Waals surface area (Å²) in [6.45, 7) is 0.517. The summed E-state index contributed by atoms with van der Waals surface area (Å²) in [6, 6.07) is 7.68. The van der Waals surface area contributed by atoms with Crippen molar-refractivity contribution in [2.24, 2.45) is 0 Å². The van der Waals surface area contributed by atoms with Crippen molar-refractivity contribution in [1.29, 1.82) is 0 Å². The molecule has 4 amide bonds. The second kappa shape index (κ2) is 7.84. The number of imide groups is 1. The number of carbonyl (C=O) groups excluding carboxylic acids is 3. The molecule has 1 aliphatic rings. The van der Waals surface area contributed by atoms with E-state index in [1.165, 1.54) is 17.2 Å². The molecule has 0 fully saturated rings. The number of hydrogen-bond acceptors (Lipinski definition) is 4. The van der Waals surface area contributed by atoms with E-state index < -0.39 is 6.03 Å². The summed E-state index contributed by atoms with van der Waals surface area (Å²) in [5.41, 5.74) is 0.790. The maximum atomic E-state index is 12.3. The normalized spacial score (nSPS) is 12.9. The van der Waals surface area contributed by atoms with Crippen LogP contribution in [0.25, 0.3) is 0 Å². The molecule has 1 aromatic carbocycles. The van der Waals surface area contributed by atoms with Gasteiger partial charge in [0.05, 0.1) is 11.1 Å². The van der Waals surface area contributed by atoms with Gasteiger partial charge in [0.15, 0.2) is 0 Å². The number of urea groups is 1. The summed E-state index contributed by atoms with van der Waals surface area (Å²) in [7, 11) is 0. The van der Waals surface area contributed by atoms with Crippen LogP contribution in [0.4, 0.5) is 10.6 Å². The Balaban J connectivity index is 1.48. The van der Waals surface area contributed by atoms with E-state index in [1.54, 1.807) is 24.3 Å². The average Bonchev–Trinajstić information content (AvgIpc) is 2.82. The first kappa shape index (κ1) is 18.3. The van der Waals surface area contributed by atoms with Crippen LogP contribution in [0.3, 0.4) is 0 Å². The minimum Gasteiger partial charge on any atom is -0.338 e. The highest BCUT2D eigenvalue weighted by Crippen LogP contribution is 2.26. The minimum absolute atomic E-state index is 0.222. The number of rotatable bonds is 5. The van der Waals surface area contributed by atoms with Crippen LogP contribution >= 0.6 is 27.5 Å². The Labute approximate surface area is 162 Å². The van der Waals surface area contributed by atoms with E-state index in [0.29, 0.717) is 34.9 Å². The standard InChI is InChI=1S/C17H14BrClN4O3/c18-10-2-3-12-13(8-10)16(25)23(15(12)24)7-1-5-21-17(26)22-14-9-11(19)4-6-20-14/h2-4,6,8-9H,1,5,7H2,(H2,20,21,22,26). The second-order valence-corrected chi connectivity index (χ2v) is 6.90. The number of nitrogens with zero attached hydrogens (tertiary/aromatic N) is 2. The van der Waals surface area contributed by atoms with Crippen molar-refractivity contribution in [2.45, 2.75) is 6.42 Å². The van der Waals surface area contributed by atoms with Crippen molar-refractivity contribution in [3.05, 3.63) is 57.2 Å². The van der Waals surface area contributed by atoms with Crippen LogP contribution in [0, 0.1) is 0 Å². The Morgan fingerprint density at radius 3 is 2.69 bits per heavy atom. The molecule has 3 rings (SSSR count). The molecule has 0 atom stereocenters. The Morgan fingerprint density at radius 1 is 1.15 bits per heavy atom. The van der Waals surface area contributed by atoms with Crippen molar-refractivity contribution in [3.8, 4) is 0 Å². The van der Waals surface area contributed by atoms with Gasteiger partial charge in [-0.25, -0.2) is 9.78 Å². The summed E-state index contributed by atoms with van der Waals surface area (Å²) in [5.74, 6) is -0.301. The lowest BCUT2D eigenvalue weighted by molar-refractivity contribution is 0.0653. The molecule has 2 aromatic rings. The molecular weight excluding hydrogens is 424 g/mol. The SMILES string of the molecule is O=C(NCCCN1C(=O)c2ccc(Br)cc2C1=O)Nc1cc(Cl)ccn1. The number of hydrogen-bond donors (Lipinski definition) is 2. The molecule has 0 unspecified atom stereocenters. The molecule has 26 heavy (non-hydrogen) atoms. The van der Waals surface area contributed by atoms with Gasteiger partial charge in [-0.05, 0) is 36.8 Å². The van der Waals surface area contributed by atoms with E-state index in [2.05, 4.69) is 31.5 Å². The monoisotopic (exact) mass is 436 g/mol. The fourth-order valence-corrected chi connectivity index (χ4v) is 3.06. The molecule has 0 saturated carbocycles. The first-order chi connectivity index (χ1) is 12.5. The molecule has 1 aromatic heterocycles.